The van der Waals surface area contributed by atoms with Crippen molar-refractivity contribution in [2.45, 2.75) is 32.4 Å². The van der Waals surface area contributed by atoms with E-state index in [0.29, 0.717) is 57.4 Å². The van der Waals surface area contributed by atoms with Gasteiger partial charge in [-0.15, -0.1) is 0 Å². The number of rotatable bonds is 3. The molecule has 2 saturated heterocycles. The quantitative estimate of drug-likeness (QED) is 0.774. The Labute approximate surface area is 158 Å². The van der Waals surface area contributed by atoms with Crippen LogP contribution in [0, 0.1) is 5.92 Å². The molecule has 2 fully saturated rings. The number of aromatic nitrogens is 1. The predicted octanol–water partition coefficient (Wildman–Crippen LogP) is 2.59. The van der Waals surface area contributed by atoms with E-state index >= 15 is 0 Å². The smallest absolute Gasteiger partial charge is 0.355 e. The van der Waals surface area contributed by atoms with Crippen molar-refractivity contribution in [3.63, 3.8) is 0 Å². The average Bonchev–Trinajstić information content (AvgIpc) is 2.88. The highest BCUT2D eigenvalue weighted by Gasteiger charge is 2.34. The van der Waals surface area contributed by atoms with Crippen molar-refractivity contribution in [3.05, 3.63) is 23.9 Å². The van der Waals surface area contributed by atoms with Gasteiger partial charge in [-0.2, -0.15) is 30.2 Å². The minimum absolute atomic E-state index is 0.302. The van der Waals surface area contributed by atoms with Crippen LogP contribution in [-0.2, 0) is 16.4 Å². The average molecular weight is 406 g/mol. The van der Waals surface area contributed by atoms with Gasteiger partial charge < -0.3 is 4.90 Å². The number of hydrogen-bond acceptors (Lipinski definition) is 4. The maximum absolute atomic E-state index is 12.9. The van der Waals surface area contributed by atoms with Crippen LogP contribution in [-0.4, -0.2) is 61.3 Å². The molecule has 152 valence electrons. The van der Waals surface area contributed by atoms with Crippen LogP contribution in [0.2, 0.25) is 0 Å². The van der Waals surface area contributed by atoms with E-state index in [4.69, 9.17) is 0 Å². The molecule has 0 bridgehead atoms. The minimum atomic E-state index is -4.42. The zero-order chi connectivity index (χ0) is 19.7. The third-order valence-electron chi connectivity index (χ3n) is 5.13. The summed E-state index contributed by atoms with van der Waals surface area (Å²) >= 11 is 0. The Morgan fingerprint density at radius 3 is 2.41 bits per heavy atom. The first-order valence-corrected chi connectivity index (χ1v) is 10.6. The lowest BCUT2D eigenvalue weighted by atomic mass is 10.0. The van der Waals surface area contributed by atoms with Gasteiger partial charge >= 0.3 is 6.18 Å². The van der Waals surface area contributed by atoms with Gasteiger partial charge in [0.15, 0.2) is 0 Å². The van der Waals surface area contributed by atoms with E-state index in [0.717, 1.165) is 25.1 Å². The SMILES string of the molecule is C[C@H]1CCCN(S(=O)(=O)N2CCCN(c3ccc(C(F)(F)F)cn3)CC2)C1. The highest BCUT2D eigenvalue weighted by molar-refractivity contribution is 7.86. The molecule has 6 nitrogen and oxygen atoms in total. The Bertz CT molecular complexity index is 740. The summed E-state index contributed by atoms with van der Waals surface area (Å²) in [4.78, 5) is 5.77. The molecule has 0 N–H and O–H groups in total. The van der Waals surface area contributed by atoms with Gasteiger partial charge in [0.25, 0.3) is 10.2 Å². The summed E-state index contributed by atoms with van der Waals surface area (Å²) in [6, 6.07) is 2.36. The van der Waals surface area contributed by atoms with Crippen molar-refractivity contribution in [2.24, 2.45) is 5.92 Å². The number of pyridine rings is 1. The molecule has 10 heteroatoms. The van der Waals surface area contributed by atoms with Crippen LogP contribution in [0.5, 0.6) is 0 Å². The van der Waals surface area contributed by atoms with E-state index in [2.05, 4.69) is 11.9 Å². The van der Waals surface area contributed by atoms with Gasteiger partial charge in [0, 0.05) is 45.5 Å². The molecule has 1 aromatic heterocycles. The number of hydrogen-bond donors (Lipinski definition) is 0. The summed E-state index contributed by atoms with van der Waals surface area (Å²) in [5, 5.41) is 0. The van der Waals surface area contributed by atoms with E-state index in [9.17, 15) is 21.6 Å². The standard InChI is InChI=1S/C17H25F3N4O2S/c1-14-4-2-8-24(13-14)27(25,26)23-9-3-7-22(10-11-23)16-6-5-15(12-21-16)17(18,19)20/h5-6,12,14H,2-4,7-11,13H2,1H3/t14-/m0/s1. The van der Waals surface area contributed by atoms with Gasteiger partial charge in [0.2, 0.25) is 0 Å². The monoisotopic (exact) mass is 406 g/mol. The zero-order valence-electron chi connectivity index (χ0n) is 15.3. The van der Waals surface area contributed by atoms with Crippen molar-refractivity contribution in [1.29, 1.82) is 0 Å². The molecule has 2 aliphatic rings. The lowest BCUT2D eigenvalue weighted by Gasteiger charge is -2.34. The number of nitrogens with zero attached hydrogens (tertiary/aromatic N) is 4. The molecule has 0 unspecified atom stereocenters. The molecule has 0 aromatic carbocycles. The van der Waals surface area contributed by atoms with Gasteiger partial charge in [-0.05, 0) is 37.3 Å². The van der Waals surface area contributed by atoms with Crippen LogP contribution in [0.1, 0.15) is 31.7 Å². The zero-order valence-corrected chi connectivity index (χ0v) is 16.1. The highest BCUT2D eigenvalue weighted by Crippen LogP contribution is 2.29. The van der Waals surface area contributed by atoms with Crippen molar-refractivity contribution < 1.29 is 21.6 Å². The van der Waals surface area contributed by atoms with E-state index < -0.39 is 21.9 Å². The van der Waals surface area contributed by atoms with E-state index in [1.807, 2.05) is 4.90 Å². The van der Waals surface area contributed by atoms with Gasteiger partial charge in [0.1, 0.15) is 5.82 Å². The lowest BCUT2D eigenvalue weighted by Crippen LogP contribution is -2.48. The molecule has 0 saturated carbocycles. The third-order valence-corrected chi connectivity index (χ3v) is 7.13. The highest BCUT2D eigenvalue weighted by atomic mass is 32.2. The van der Waals surface area contributed by atoms with Crippen LogP contribution in [0.25, 0.3) is 0 Å². The first-order valence-electron chi connectivity index (χ1n) is 9.21. The minimum Gasteiger partial charge on any atom is -0.355 e. The second-order valence-corrected chi connectivity index (χ2v) is 9.18. The second kappa shape index (κ2) is 7.92. The fourth-order valence-corrected chi connectivity index (χ4v) is 5.42. The number of halogens is 3. The molecular weight excluding hydrogens is 381 g/mol. The van der Waals surface area contributed by atoms with Crippen LogP contribution in [0.15, 0.2) is 18.3 Å². The summed E-state index contributed by atoms with van der Waals surface area (Å²) in [6.07, 6.45) is -1.08. The van der Waals surface area contributed by atoms with Crippen molar-refractivity contribution in [1.82, 2.24) is 13.6 Å². The molecule has 27 heavy (non-hydrogen) atoms. The number of piperidine rings is 1. The Hall–Kier alpha value is -1.39. The van der Waals surface area contributed by atoms with E-state index in [1.165, 1.54) is 10.4 Å². The van der Waals surface area contributed by atoms with Crippen molar-refractivity contribution in [3.8, 4) is 0 Å². The number of anilines is 1. The normalized spacial score (nSPS) is 24.0. The molecule has 0 radical (unpaired) electrons. The van der Waals surface area contributed by atoms with Crippen LogP contribution in [0.3, 0.4) is 0 Å². The second-order valence-electron chi connectivity index (χ2n) is 7.26. The Morgan fingerprint density at radius 1 is 1.04 bits per heavy atom. The molecule has 1 aromatic rings. The van der Waals surface area contributed by atoms with E-state index in [-0.39, 0.29) is 0 Å². The lowest BCUT2D eigenvalue weighted by molar-refractivity contribution is -0.137. The van der Waals surface area contributed by atoms with Gasteiger partial charge in [0.05, 0.1) is 5.56 Å². The first kappa shape index (κ1) is 20.3. The molecule has 3 heterocycles. The van der Waals surface area contributed by atoms with Crippen LogP contribution >= 0.6 is 0 Å². The van der Waals surface area contributed by atoms with Crippen molar-refractivity contribution >= 4 is 16.0 Å². The maximum atomic E-state index is 12.9. The molecule has 3 rings (SSSR count). The molecule has 0 spiro atoms. The Balaban J connectivity index is 1.66. The fraction of sp³-hybridized carbons (Fsp3) is 0.706. The predicted molar refractivity (Wildman–Crippen MR) is 96.5 cm³/mol. The van der Waals surface area contributed by atoms with Crippen LogP contribution in [0.4, 0.5) is 19.0 Å². The molecule has 0 aliphatic carbocycles. The molecule has 0 amide bonds. The maximum Gasteiger partial charge on any atom is 0.417 e. The molecule has 1 atom stereocenters. The van der Waals surface area contributed by atoms with Gasteiger partial charge in [-0.25, -0.2) is 4.98 Å². The van der Waals surface area contributed by atoms with E-state index in [1.54, 1.807) is 4.31 Å². The molecule has 2 aliphatic heterocycles. The third kappa shape index (κ3) is 4.72. The summed E-state index contributed by atoms with van der Waals surface area (Å²) in [5.74, 6) is 0.794. The van der Waals surface area contributed by atoms with Gasteiger partial charge in [-0.3, -0.25) is 0 Å². The summed E-state index contributed by atoms with van der Waals surface area (Å²) in [6.45, 7) is 4.82. The number of alkyl halides is 3. The Kier molecular flexibility index (Phi) is 5.97. The van der Waals surface area contributed by atoms with Crippen molar-refractivity contribution in [2.75, 3.05) is 44.2 Å². The Morgan fingerprint density at radius 2 is 1.78 bits per heavy atom. The first-order chi connectivity index (χ1) is 12.7. The summed E-state index contributed by atoms with van der Waals surface area (Å²) in [5.41, 5.74) is -0.788. The molecular formula is C17H25F3N4O2S. The largest absolute Gasteiger partial charge is 0.417 e. The summed E-state index contributed by atoms with van der Waals surface area (Å²) in [7, 11) is -3.50. The fourth-order valence-electron chi connectivity index (χ4n) is 3.61. The topological polar surface area (TPSA) is 56.8 Å². The van der Waals surface area contributed by atoms with Crippen LogP contribution < -0.4 is 4.90 Å². The van der Waals surface area contributed by atoms with Gasteiger partial charge in [-0.1, -0.05) is 6.92 Å². The summed E-state index contributed by atoms with van der Waals surface area (Å²) < 4.78 is 67.0.